The summed E-state index contributed by atoms with van der Waals surface area (Å²) in [6, 6.07) is 7.81. The Morgan fingerprint density at radius 3 is 2.92 bits per heavy atom. The van der Waals surface area contributed by atoms with E-state index in [0.717, 1.165) is 16.3 Å². The Morgan fingerprint density at radius 2 is 2.31 bits per heavy atom. The number of nitrogens with one attached hydrogen (secondary N) is 1. The number of anilines is 1. The third kappa shape index (κ3) is 2.96. The predicted molar refractivity (Wildman–Crippen MR) is 54.9 cm³/mol. The highest BCUT2D eigenvalue weighted by molar-refractivity contribution is 6.31. The van der Waals surface area contributed by atoms with E-state index in [-0.39, 0.29) is 0 Å². The largest absolute Gasteiger partial charge is 0.384 e. The van der Waals surface area contributed by atoms with Gasteiger partial charge in [0.05, 0.1) is 12.5 Å². The second kappa shape index (κ2) is 4.74. The van der Waals surface area contributed by atoms with Crippen molar-refractivity contribution in [2.45, 2.75) is 13.3 Å². The van der Waals surface area contributed by atoms with Gasteiger partial charge in [-0.15, -0.1) is 0 Å². The van der Waals surface area contributed by atoms with Gasteiger partial charge in [-0.3, -0.25) is 0 Å². The molecule has 0 aliphatic carbocycles. The van der Waals surface area contributed by atoms with Crippen LogP contribution in [0.25, 0.3) is 0 Å². The van der Waals surface area contributed by atoms with E-state index >= 15 is 0 Å². The molecule has 0 atom stereocenters. The topological polar surface area (TPSA) is 35.8 Å². The molecule has 13 heavy (non-hydrogen) atoms. The van der Waals surface area contributed by atoms with Crippen LogP contribution >= 0.6 is 11.6 Å². The smallest absolute Gasteiger partial charge is 0.0640 e. The monoisotopic (exact) mass is 194 g/mol. The fourth-order valence-corrected chi connectivity index (χ4v) is 1.13. The molecule has 0 fully saturated rings. The molecule has 1 aromatic carbocycles. The Hall–Kier alpha value is -1.20. The lowest BCUT2D eigenvalue weighted by Gasteiger charge is -2.05. The van der Waals surface area contributed by atoms with Gasteiger partial charge in [-0.1, -0.05) is 11.6 Å². The number of nitriles is 1. The number of halogens is 1. The third-order valence-corrected chi connectivity index (χ3v) is 2.15. The van der Waals surface area contributed by atoms with Gasteiger partial charge in [0.25, 0.3) is 0 Å². The summed E-state index contributed by atoms with van der Waals surface area (Å²) in [6.45, 7) is 2.63. The first-order valence-corrected chi connectivity index (χ1v) is 4.49. The van der Waals surface area contributed by atoms with Gasteiger partial charge in [0, 0.05) is 17.3 Å². The van der Waals surface area contributed by atoms with E-state index in [0.29, 0.717) is 13.0 Å². The van der Waals surface area contributed by atoms with Crippen molar-refractivity contribution in [3.05, 3.63) is 28.8 Å². The highest BCUT2D eigenvalue weighted by atomic mass is 35.5. The zero-order valence-corrected chi connectivity index (χ0v) is 8.23. The van der Waals surface area contributed by atoms with Crippen LogP contribution in [-0.2, 0) is 0 Å². The minimum absolute atomic E-state index is 0.516. The number of aryl methyl sites for hydroxylation is 1. The molecule has 0 amide bonds. The van der Waals surface area contributed by atoms with Crippen LogP contribution in [0.15, 0.2) is 18.2 Å². The number of rotatable bonds is 3. The summed E-state index contributed by atoms with van der Waals surface area (Å²) in [6.07, 6.45) is 0.516. The molecule has 0 aliphatic heterocycles. The first-order valence-electron chi connectivity index (χ1n) is 4.11. The van der Waals surface area contributed by atoms with Gasteiger partial charge in [-0.25, -0.2) is 0 Å². The Kier molecular flexibility index (Phi) is 3.60. The minimum atomic E-state index is 0.516. The summed E-state index contributed by atoms with van der Waals surface area (Å²) in [5.74, 6) is 0. The van der Waals surface area contributed by atoms with Crippen molar-refractivity contribution in [2.75, 3.05) is 11.9 Å². The fraction of sp³-hybridized carbons (Fsp3) is 0.300. The lowest BCUT2D eigenvalue weighted by Crippen LogP contribution is -2.00. The van der Waals surface area contributed by atoms with Crippen LogP contribution in [0, 0.1) is 18.3 Å². The SMILES string of the molecule is Cc1cc(NCCC#N)ccc1Cl. The van der Waals surface area contributed by atoms with Crippen LogP contribution in [0.4, 0.5) is 5.69 Å². The zero-order chi connectivity index (χ0) is 9.68. The highest BCUT2D eigenvalue weighted by Gasteiger charge is 1.96. The van der Waals surface area contributed by atoms with Crippen molar-refractivity contribution in [1.29, 1.82) is 5.26 Å². The van der Waals surface area contributed by atoms with E-state index in [2.05, 4.69) is 11.4 Å². The van der Waals surface area contributed by atoms with Crippen molar-refractivity contribution >= 4 is 17.3 Å². The van der Waals surface area contributed by atoms with E-state index in [1.165, 1.54) is 0 Å². The summed E-state index contributed by atoms with van der Waals surface area (Å²) in [4.78, 5) is 0. The molecule has 3 heteroatoms. The van der Waals surface area contributed by atoms with Gasteiger partial charge in [0.2, 0.25) is 0 Å². The summed E-state index contributed by atoms with van der Waals surface area (Å²) in [5, 5.41) is 12.2. The Bertz CT molecular complexity index is 328. The Morgan fingerprint density at radius 1 is 1.54 bits per heavy atom. The summed E-state index contributed by atoms with van der Waals surface area (Å²) >= 11 is 5.86. The normalized spacial score (nSPS) is 9.31. The summed E-state index contributed by atoms with van der Waals surface area (Å²) in [7, 11) is 0. The van der Waals surface area contributed by atoms with Gasteiger partial charge in [-0.2, -0.15) is 5.26 Å². The fourth-order valence-electron chi connectivity index (χ4n) is 1.02. The van der Waals surface area contributed by atoms with Gasteiger partial charge >= 0.3 is 0 Å². The lowest BCUT2D eigenvalue weighted by atomic mass is 10.2. The average molecular weight is 195 g/mol. The van der Waals surface area contributed by atoms with Crippen LogP contribution < -0.4 is 5.32 Å². The second-order valence-corrected chi connectivity index (χ2v) is 3.21. The maximum atomic E-state index is 8.33. The molecular weight excluding hydrogens is 184 g/mol. The first kappa shape index (κ1) is 9.88. The van der Waals surface area contributed by atoms with E-state index in [9.17, 15) is 0 Å². The lowest BCUT2D eigenvalue weighted by molar-refractivity contribution is 1.07. The maximum absolute atomic E-state index is 8.33. The number of nitrogens with zero attached hydrogens (tertiary/aromatic N) is 1. The predicted octanol–water partition coefficient (Wildman–Crippen LogP) is 2.97. The average Bonchev–Trinajstić information content (AvgIpc) is 2.12. The van der Waals surface area contributed by atoms with Crippen molar-refractivity contribution < 1.29 is 0 Å². The Labute approximate surface area is 83.1 Å². The van der Waals surface area contributed by atoms with E-state index in [1.807, 2.05) is 25.1 Å². The molecule has 2 nitrogen and oxygen atoms in total. The molecule has 0 spiro atoms. The van der Waals surface area contributed by atoms with Crippen molar-refractivity contribution in [3.63, 3.8) is 0 Å². The minimum Gasteiger partial charge on any atom is -0.384 e. The molecule has 0 unspecified atom stereocenters. The number of benzene rings is 1. The zero-order valence-electron chi connectivity index (χ0n) is 7.47. The second-order valence-electron chi connectivity index (χ2n) is 2.80. The first-order chi connectivity index (χ1) is 6.24. The molecule has 68 valence electrons. The Balaban J connectivity index is 2.59. The number of hydrogen-bond donors (Lipinski definition) is 1. The molecule has 1 aromatic rings. The summed E-state index contributed by atoms with van der Waals surface area (Å²) < 4.78 is 0. The van der Waals surface area contributed by atoms with Crippen molar-refractivity contribution in [1.82, 2.24) is 0 Å². The molecule has 0 saturated carbocycles. The summed E-state index contributed by atoms with van der Waals surface area (Å²) in [5.41, 5.74) is 2.06. The van der Waals surface area contributed by atoms with Crippen LogP contribution in [0.2, 0.25) is 5.02 Å². The van der Waals surface area contributed by atoms with Gasteiger partial charge < -0.3 is 5.32 Å². The maximum Gasteiger partial charge on any atom is 0.0640 e. The van der Waals surface area contributed by atoms with Crippen LogP contribution in [0.5, 0.6) is 0 Å². The van der Waals surface area contributed by atoms with Crippen molar-refractivity contribution in [2.24, 2.45) is 0 Å². The molecular formula is C10H11ClN2. The van der Waals surface area contributed by atoms with Crippen LogP contribution in [0.3, 0.4) is 0 Å². The molecule has 0 bridgehead atoms. The molecule has 0 heterocycles. The van der Waals surface area contributed by atoms with E-state index < -0.39 is 0 Å². The van der Waals surface area contributed by atoms with Gasteiger partial charge in [0.15, 0.2) is 0 Å². The van der Waals surface area contributed by atoms with E-state index in [4.69, 9.17) is 16.9 Å². The quantitative estimate of drug-likeness (QED) is 0.751. The standard InChI is InChI=1S/C10H11ClN2/c1-8-7-9(3-4-10(8)11)13-6-2-5-12/h3-4,7,13H,2,6H2,1H3. The molecule has 1 N–H and O–H groups in total. The van der Waals surface area contributed by atoms with Gasteiger partial charge in [-0.05, 0) is 30.7 Å². The van der Waals surface area contributed by atoms with Crippen LogP contribution in [-0.4, -0.2) is 6.54 Å². The molecule has 0 radical (unpaired) electrons. The number of hydrogen-bond acceptors (Lipinski definition) is 2. The molecule has 0 saturated heterocycles. The van der Waals surface area contributed by atoms with Gasteiger partial charge in [0.1, 0.15) is 0 Å². The van der Waals surface area contributed by atoms with Crippen LogP contribution in [0.1, 0.15) is 12.0 Å². The molecule has 0 aromatic heterocycles. The molecule has 1 rings (SSSR count). The van der Waals surface area contributed by atoms with Crippen molar-refractivity contribution in [3.8, 4) is 6.07 Å². The highest BCUT2D eigenvalue weighted by Crippen LogP contribution is 2.19. The third-order valence-electron chi connectivity index (χ3n) is 1.72. The molecule has 0 aliphatic rings. The van der Waals surface area contributed by atoms with E-state index in [1.54, 1.807) is 0 Å².